The predicted molar refractivity (Wildman–Crippen MR) is 116 cm³/mol. The Balaban J connectivity index is 1.51. The third-order valence-corrected chi connectivity index (χ3v) is 4.75. The van der Waals surface area contributed by atoms with Crippen molar-refractivity contribution in [3.63, 3.8) is 0 Å². The third kappa shape index (κ3) is 4.24. The molecule has 0 saturated carbocycles. The van der Waals surface area contributed by atoms with E-state index in [0.717, 1.165) is 10.8 Å². The average Bonchev–Trinajstić information content (AvgIpc) is 3.21. The molecule has 9 heteroatoms. The number of phenols is 1. The minimum absolute atomic E-state index is 0.0766. The summed E-state index contributed by atoms with van der Waals surface area (Å²) < 4.78 is 5.57. The number of carbonyl (C=O) groups is 1. The summed E-state index contributed by atoms with van der Waals surface area (Å²) >= 11 is 5.83. The maximum Gasteiger partial charge on any atom is 0.281 e. The number of phenolic OH excluding ortho intramolecular Hbond substituents is 1. The van der Waals surface area contributed by atoms with E-state index in [9.17, 15) is 20.0 Å². The number of benzene rings is 3. The minimum atomic E-state index is -0.598. The van der Waals surface area contributed by atoms with E-state index in [1.165, 1.54) is 30.5 Å². The van der Waals surface area contributed by atoms with Crippen LogP contribution in [-0.2, 0) is 0 Å². The molecule has 0 aliphatic heterocycles. The van der Waals surface area contributed by atoms with Crippen LogP contribution in [0, 0.1) is 10.1 Å². The van der Waals surface area contributed by atoms with Crippen molar-refractivity contribution in [3.05, 3.63) is 93.2 Å². The van der Waals surface area contributed by atoms with Crippen LogP contribution in [0.5, 0.6) is 5.75 Å². The standard InChI is InChI=1S/C22H14ClN3O5/c23-15-5-7-17(19(11-15)26(29)30)21-8-6-16(31-21)12-24-25-22(28)18-9-13-3-1-2-4-14(13)10-20(18)27/h1-12,27H,(H,25,28). The van der Waals surface area contributed by atoms with Crippen molar-refractivity contribution < 1.29 is 19.2 Å². The van der Waals surface area contributed by atoms with Crippen LogP contribution in [0.1, 0.15) is 16.1 Å². The number of nitrogens with zero attached hydrogens (tertiary/aromatic N) is 2. The molecule has 1 heterocycles. The van der Waals surface area contributed by atoms with Crippen molar-refractivity contribution in [2.45, 2.75) is 0 Å². The molecule has 4 rings (SSSR count). The Morgan fingerprint density at radius 1 is 1.10 bits per heavy atom. The molecule has 154 valence electrons. The van der Waals surface area contributed by atoms with Gasteiger partial charge in [-0.2, -0.15) is 5.10 Å². The first-order chi connectivity index (χ1) is 14.9. The monoisotopic (exact) mass is 435 g/mol. The fourth-order valence-electron chi connectivity index (χ4n) is 3.06. The van der Waals surface area contributed by atoms with E-state index < -0.39 is 10.8 Å². The molecule has 0 aliphatic carbocycles. The second-order valence-electron chi connectivity index (χ2n) is 6.54. The van der Waals surface area contributed by atoms with E-state index in [0.29, 0.717) is 0 Å². The smallest absolute Gasteiger partial charge is 0.281 e. The van der Waals surface area contributed by atoms with E-state index in [1.54, 1.807) is 18.2 Å². The number of hydrogen-bond donors (Lipinski definition) is 2. The SMILES string of the molecule is O=C(NN=Cc1ccc(-c2ccc(Cl)cc2[N+](=O)[O-])o1)c1cc2ccccc2cc1O. The second kappa shape index (κ2) is 8.29. The summed E-state index contributed by atoms with van der Waals surface area (Å²) in [5.74, 6) is -0.244. The number of hydrogen-bond acceptors (Lipinski definition) is 6. The van der Waals surface area contributed by atoms with Gasteiger partial charge in [-0.15, -0.1) is 0 Å². The van der Waals surface area contributed by atoms with Gasteiger partial charge in [0.05, 0.1) is 22.3 Å². The number of halogens is 1. The lowest BCUT2D eigenvalue weighted by Crippen LogP contribution is -2.17. The van der Waals surface area contributed by atoms with E-state index in [1.807, 2.05) is 24.3 Å². The Kier molecular flexibility index (Phi) is 5.38. The van der Waals surface area contributed by atoms with Gasteiger partial charge in [0, 0.05) is 11.1 Å². The first kappa shape index (κ1) is 20.1. The molecular weight excluding hydrogens is 422 g/mol. The summed E-state index contributed by atoms with van der Waals surface area (Å²) in [6.45, 7) is 0. The minimum Gasteiger partial charge on any atom is -0.507 e. The molecule has 0 radical (unpaired) electrons. The van der Waals surface area contributed by atoms with Gasteiger partial charge >= 0.3 is 0 Å². The van der Waals surface area contributed by atoms with Crippen molar-refractivity contribution in [2.24, 2.45) is 5.10 Å². The topological polar surface area (TPSA) is 118 Å². The maximum atomic E-state index is 12.4. The molecule has 4 aromatic rings. The van der Waals surface area contributed by atoms with Crippen molar-refractivity contribution in [1.82, 2.24) is 5.43 Å². The second-order valence-corrected chi connectivity index (χ2v) is 6.97. The Hall–Kier alpha value is -4.17. The van der Waals surface area contributed by atoms with E-state index in [4.69, 9.17) is 16.0 Å². The number of carbonyl (C=O) groups excluding carboxylic acids is 1. The number of hydrazone groups is 1. The van der Waals surface area contributed by atoms with Gasteiger partial charge < -0.3 is 9.52 Å². The highest BCUT2D eigenvalue weighted by atomic mass is 35.5. The highest BCUT2D eigenvalue weighted by Gasteiger charge is 2.18. The van der Waals surface area contributed by atoms with Crippen LogP contribution in [0.4, 0.5) is 5.69 Å². The molecule has 0 atom stereocenters. The molecular formula is C22H14ClN3O5. The van der Waals surface area contributed by atoms with Gasteiger partial charge in [-0.05, 0) is 47.2 Å². The number of nitrogens with one attached hydrogen (secondary N) is 1. The van der Waals surface area contributed by atoms with Crippen LogP contribution >= 0.6 is 11.6 Å². The van der Waals surface area contributed by atoms with Gasteiger partial charge in [-0.1, -0.05) is 35.9 Å². The number of amides is 1. The third-order valence-electron chi connectivity index (χ3n) is 4.52. The number of aromatic hydroxyl groups is 1. The summed E-state index contributed by atoms with van der Waals surface area (Å²) in [6.07, 6.45) is 1.25. The van der Waals surface area contributed by atoms with Crippen molar-refractivity contribution >= 4 is 40.2 Å². The zero-order valence-electron chi connectivity index (χ0n) is 15.8. The highest BCUT2D eigenvalue weighted by Crippen LogP contribution is 2.33. The zero-order chi connectivity index (χ0) is 22.0. The molecule has 8 nitrogen and oxygen atoms in total. The van der Waals surface area contributed by atoms with Gasteiger partial charge in [0.25, 0.3) is 11.6 Å². The summed E-state index contributed by atoms with van der Waals surface area (Å²) in [7, 11) is 0. The number of rotatable bonds is 5. The van der Waals surface area contributed by atoms with Gasteiger partial charge in [0.1, 0.15) is 17.3 Å². The fourth-order valence-corrected chi connectivity index (χ4v) is 3.22. The number of nitro benzene ring substituents is 1. The molecule has 1 aromatic heterocycles. The molecule has 0 aliphatic rings. The predicted octanol–water partition coefficient (Wildman–Crippen LogP) is 5.13. The molecule has 2 N–H and O–H groups in total. The van der Waals surface area contributed by atoms with E-state index in [2.05, 4.69) is 10.5 Å². The molecule has 3 aromatic carbocycles. The van der Waals surface area contributed by atoms with Gasteiger partial charge in [-0.3, -0.25) is 14.9 Å². The first-order valence-electron chi connectivity index (χ1n) is 9.01. The molecule has 0 spiro atoms. The Morgan fingerprint density at radius 2 is 1.84 bits per heavy atom. The molecule has 31 heavy (non-hydrogen) atoms. The Morgan fingerprint density at radius 3 is 2.58 bits per heavy atom. The molecule has 0 saturated heterocycles. The van der Waals surface area contributed by atoms with Crippen LogP contribution in [-0.4, -0.2) is 22.2 Å². The van der Waals surface area contributed by atoms with Crippen LogP contribution in [0.2, 0.25) is 5.02 Å². The van der Waals surface area contributed by atoms with Gasteiger partial charge in [0.2, 0.25) is 0 Å². The maximum absolute atomic E-state index is 12.4. The molecule has 0 fully saturated rings. The summed E-state index contributed by atoms with van der Waals surface area (Å²) in [5, 5.41) is 27.1. The molecule has 1 amide bonds. The van der Waals surface area contributed by atoms with Crippen LogP contribution in [0.15, 0.2) is 76.2 Å². The summed E-state index contributed by atoms with van der Waals surface area (Å²) in [4.78, 5) is 23.1. The van der Waals surface area contributed by atoms with E-state index in [-0.39, 0.29) is 39.1 Å². The Labute approximate surface area is 180 Å². The summed E-state index contributed by atoms with van der Waals surface area (Å²) in [5.41, 5.74) is 2.47. The van der Waals surface area contributed by atoms with Crippen LogP contribution in [0.25, 0.3) is 22.1 Å². The lowest BCUT2D eigenvalue weighted by atomic mass is 10.1. The first-order valence-corrected chi connectivity index (χ1v) is 9.39. The van der Waals surface area contributed by atoms with Crippen LogP contribution in [0.3, 0.4) is 0 Å². The fraction of sp³-hybridized carbons (Fsp3) is 0. The lowest BCUT2D eigenvalue weighted by molar-refractivity contribution is -0.384. The lowest BCUT2D eigenvalue weighted by Gasteiger charge is -2.05. The number of furan rings is 1. The number of nitro groups is 1. The zero-order valence-corrected chi connectivity index (χ0v) is 16.5. The van der Waals surface area contributed by atoms with Crippen LogP contribution < -0.4 is 5.43 Å². The highest BCUT2D eigenvalue weighted by molar-refractivity contribution is 6.30. The largest absolute Gasteiger partial charge is 0.507 e. The Bertz CT molecular complexity index is 1350. The average molecular weight is 436 g/mol. The van der Waals surface area contributed by atoms with Crippen molar-refractivity contribution in [1.29, 1.82) is 0 Å². The normalized spacial score (nSPS) is 11.1. The summed E-state index contributed by atoms with van der Waals surface area (Å²) in [6, 6.07) is 17.8. The van der Waals surface area contributed by atoms with Gasteiger partial charge in [-0.25, -0.2) is 5.43 Å². The molecule has 0 unspecified atom stereocenters. The van der Waals surface area contributed by atoms with Crippen molar-refractivity contribution in [3.8, 4) is 17.1 Å². The number of fused-ring (bicyclic) bond motifs is 1. The van der Waals surface area contributed by atoms with E-state index >= 15 is 0 Å². The van der Waals surface area contributed by atoms with Gasteiger partial charge in [0.15, 0.2) is 0 Å². The quantitative estimate of drug-likeness (QED) is 0.256. The molecule has 0 bridgehead atoms. The van der Waals surface area contributed by atoms with Crippen molar-refractivity contribution in [2.75, 3.05) is 0 Å².